The molecule has 0 radical (unpaired) electrons. The van der Waals surface area contributed by atoms with Crippen LogP contribution in [0.4, 0.5) is 0 Å². The number of nitrogens with one attached hydrogen (secondary N) is 2. The SMILES string of the molecule is CN[C@@H](CO)C(=O)O.CN[C@@H](COC)C(=O)O. The molecule has 8 heteroatoms. The number of hydrogen-bond acceptors (Lipinski definition) is 6. The summed E-state index contributed by atoms with van der Waals surface area (Å²) < 4.78 is 4.61. The molecule has 0 aliphatic heterocycles. The highest BCUT2D eigenvalue weighted by Gasteiger charge is 2.12. The summed E-state index contributed by atoms with van der Waals surface area (Å²) in [6, 6.07) is -1.41. The summed E-state index contributed by atoms with van der Waals surface area (Å²) in [5, 5.41) is 29.7. The van der Waals surface area contributed by atoms with Crippen molar-refractivity contribution in [1.29, 1.82) is 0 Å². The van der Waals surface area contributed by atoms with Crippen molar-refractivity contribution < 1.29 is 29.6 Å². The fourth-order valence-electron chi connectivity index (χ4n) is 0.738. The number of aliphatic hydroxyl groups excluding tert-OH is 1. The number of methoxy groups -OCH3 is 1. The smallest absolute Gasteiger partial charge is 0.323 e. The lowest BCUT2D eigenvalue weighted by atomic mass is 10.3. The molecule has 0 amide bonds. The van der Waals surface area contributed by atoms with E-state index in [1.165, 1.54) is 14.2 Å². The van der Waals surface area contributed by atoms with Gasteiger partial charge in [0, 0.05) is 7.11 Å². The fourth-order valence-corrected chi connectivity index (χ4v) is 0.738. The minimum atomic E-state index is -1.03. The zero-order valence-electron chi connectivity index (χ0n) is 10.1. The van der Waals surface area contributed by atoms with Crippen molar-refractivity contribution in [1.82, 2.24) is 10.6 Å². The van der Waals surface area contributed by atoms with Gasteiger partial charge in [-0.1, -0.05) is 0 Å². The fraction of sp³-hybridized carbons (Fsp3) is 0.778. The van der Waals surface area contributed by atoms with Gasteiger partial charge in [0.15, 0.2) is 0 Å². The van der Waals surface area contributed by atoms with Gasteiger partial charge in [0.05, 0.1) is 13.2 Å². The number of carbonyl (C=O) groups is 2. The molecule has 8 nitrogen and oxygen atoms in total. The maximum atomic E-state index is 10.2. The Morgan fingerprint density at radius 1 is 1.12 bits per heavy atom. The quantitative estimate of drug-likeness (QED) is 0.350. The predicted octanol–water partition coefficient (Wildman–Crippen LogP) is -2.04. The molecule has 17 heavy (non-hydrogen) atoms. The number of aliphatic carboxylic acids is 2. The average molecular weight is 252 g/mol. The Morgan fingerprint density at radius 2 is 1.53 bits per heavy atom. The minimum absolute atomic E-state index is 0.200. The van der Waals surface area contributed by atoms with Crippen LogP contribution in [-0.4, -0.2) is 73.8 Å². The summed E-state index contributed by atoms with van der Waals surface area (Å²) in [6.45, 7) is -0.169. The zero-order chi connectivity index (χ0) is 13.8. The van der Waals surface area contributed by atoms with E-state index in [0.717, 1.165) is 0 Å². The molecule has 0 saturated heterocycles. The number of hydrogen-bond donors (Lipinski definition) is 5. The lowest BCUT2D eigenvalue weighted by Gasteiger charge is -2.07. The minimum Gasteiger partial charge on any atom is -0.480 e. The number of carboxylic acid groups (broad SMARTS) is 2. The first-order chi connectivity index (χ1) is 7.94. The van der Waals surface area contributed by atoms with Crippen LogP contribution in [0.3, 0.4) is 0 Å². The van der Waals surface area contributed by atoms with Crippen LogP contribution in [0, 0.1) is 0 Å². The third kappa shape index (κ3) is 9.69. The third-order valence-electron chi connectivity index (χ3n) is 1.81. The van der Waals surface area contributed by atoms with Crippen LogP contribution < -0.4 is 10.6 Å². The second-order valence-corrected chi connectivity index (χ2v) is 3.00. The van der Waals surface area contributed by atoms with Gasteiger partial charge in [-0.3, -0.25) is 9.59 Å². The maximum Gasteiger partial charge on any atom is 0.323 e. The molecule has 0 unspecified atom stereocenters. The van der Waals surface area contributed by atoms with Crippen LogP contribution in [0.2, 0.25) is 0 Å². The van der Waals surface area contributed by atoms with Gasteiger partial charge in [0.25, 0.3) is 0 Å². The molecule has 102 valence electrons. The van der Waals surface area contributed by atoms with Crippen LogP contribution in [0.25, 0.3) is 0 Å². The van der Waals surface area contributed by atoms with E-state index in [2.05, 4.69) is 15.4 Å². The van der Waals surface area contributed by atoms with Crippen LogP contribution >= 0.6 is 0 Å². The van der Waals surface area contributed by atoms with Crippen molar-refractivity contribution in [2.24, 2.45) is 0 Å². The zero-order valence-corrected chi connectivity index (χ0v) is 10.1. The van der Waals surface area contributed by atoms with E-state index in [1.54, 1.807) is 7.05 Å². The molecule has 0 aromatic rings. The number of ether oxygens (including phenoxy) is 1. The Balaban J connectivity index is 0. The molecule has 0 aliphatic rings. The molecule has 0 spiro atoms. The molecule has 0 saturated carbocycles. The highest BCUT2D eigenvalue weighted by molar-refractivity contribution is 5.73. The summed E-state index contributed by atoms with van der Waals surface area (Å²) >= 11 is 0. The molecule has 0 fully saturated rings. The number of aliphatic hydroxyl groups is 1. The Bertz CT molecular complexity index is 220. The van der Waals surface area contributed by atoms with Gasteiger partial charge in [0.1, 0.15) is 12.1 Å². The van der Waals surface area contributed by atoms with E-state index in [-0.39, 0.29) is 13.2 Å². The normalized spacial score (nSPS) is 13.2. The summed E-state index contributed by atoms with van der Waals surface area (Å²) in [7, 11) is 4.53. The maximum absolute atomic E-state index is 10.2. The van der Waals surface area contributed by atoms with E-state index < -0.39 is 24.0 Å². The van der Waals surface area contributed by atoms with Crippen molar-refractivity contribution in [3.05, 3.63) is 0 Å². The molecule has 0 heterocycles. The molecule has 0 aliphatic carbocycles. The van der Waals surface area contributed by atoms with Crippen molar-refractivity contribution >= 4 is 11.9 Å². The van der Waals surface area contributed by atoms with Gasteiger partial charge in [0.2, 0.25) is 0 Å². The summed E-state index contributed by atoms with van der Waals surface area (Å²) in [6.07, 6.45) is 0. The standard InChI is InChI=1S/C5H11NO3.C4H9NO3/c1-6-4(3-9-2)5(7)8;1-5-3(2-6)4(7)8/h4,6H,3H2,1-2H3,(H,7,8);3,5-6H,2H2,1H3,(H,7,8)/t4-;3-/m00/s1. The monoisotopic (exact) mass is 252 g/mol. The molecular weight excluding hydrogens is 232 g/mol. The second kappa shape index (κ2) is 11.3. The third-order valence-corrected chi connectivity index (χ3v) is 1.81. The second-order valence-electron chi connectivity index (χ2n) is 3.00. The lowest BCUT2D eigenvalue weighted by molar-refractivity contribution is -0.141. The van der Waals surface area contributed by atoms with Crippen LogP contribution in [0.5, 0.6) is 0 Å². The van der Waals surface area contributed by atoms with Gasteiger partial charge in [-0.25, -0.2) is 0 Å². The summed E-state index contributed by atoms with van der Waals surface area (Å²) in [4.78, 5) is 20.1. The largest absolute Gasteiger partial charge is 0.480 e. The lowest BCUT2D eigenvalue weighted by Crippen LogP contribution is -2.37. The van der Waals surface area contributed by atoms with Crippen LogP contribution in [0.1, 0.15) is 0 Å². The topological polar surface area (TPSA) is 128 Å². The van der Waals surface area contributed by atoms with Crippen LogP contribution in [0.15, 0.2) is 0 Å². The van der Waals surface area contributed by atoms with Crippen molar-refractivity contribution in [3.8, 4) is 0 Å². The first-order valence-electron chi connectivity index (χ1n) is 4.84. The van der Waals surface area contributed by atoms with E-state index in [0.29, 0.717) is 0 Å². The van der Waals surface area contributed by atoms with Crippen molar-refractivity contribution in [3.63, 3.8) is 0 Å². The van der Waals surface area contributed by atoms with Crippen molar-refractivity contribution in [2.45, 2.75) is 12.1 Å². The molecule has 0 aromatic heterocycles. The number of likely N-dealkylation sites (N-methyl/N-ethyl adjacent to an activating group) is 2. The number of rotatable bonds is 7. The van der Waals surface area contributed by atoms with E-state index in [4.69, 9.17) is 15.3 Å². The van der Waals surface area contributed by atoms with Gasteiger partial charge < -0.3 is 30.7 Å². The van der Waals surface area contributed by atoms with Gasteiger partial charge in [-0.15, -0.1) is 0 Å². The highest BCUT2D eigenvalue weighted by Crippen LogP contribution is 1.81. The molecule has 0 rings (SSSR count). The molecule has 5 N–H and O–H groups in total. The van der Waals surface area contributed by atoms with Crippen LogP contribution in [-0.2, 0) is 14.3 Å². The number of carboxylic acids is 2. The molecule has 0 aromatic carbocycles. The van der Waals surface area contributed by atoms with E-state index >= 15 is 0 Å². The average Bonchev–Trinajstić information content (AvgIpc) is 2.27. The van der Waals surface area contributed by atoms with Crippen molar-refractivity contribution in [2.75, 3.05) is 34.4 Å². The first kappa shape index (κ1) is 18.2. The Hall–Kier alpha value is -1.22. The first-order valence-corrected chi connectivity index (χ1v) is 4.84. The Morgan fingerprint density at radius 3 is 1.59 bits per heavy atom. The highest BCUT2D eigenvalue weighted by atomic mass is 16.5. The predicted molar refractivity (Wildman–Crippen MR) is 59.9 cm³/mol. The Kier molecular flexibility index (Phi) is 12.0. The van der Waals surface area contributed by atoms with Gasteiger partial charge >= 0.3 is 11.9 Å². The molecular formula is C9H20N2O6. The van der Waals surface area contributed by atoms with Gasteiger partial charge in [-0.2, -0.15) is 0 Å². The Labute approximate surface area is 99.6 Å². The van der Waals surface area contributed by atoms with E-state index in [1.807, 2.05) is 0 Å². The summed E-state index contributed by atoms with van der Waals surface area (Å²) in [5.74, 6) is -1.92. The molecule has 2 atom stereocenters. The summed E-state index contributed by atoms with van der Waals surface area (Å²) in [5.41, 5.74) is 0. The van der Waals surface area contributed by atoms with E-state index in [9.17, 15) is 9.59 Å². The molecule has 0 bridgehead atoms. The van der Waals surface area contributed by atoms with Gasteiger partial charge in [-0.05, 0) is 14.1 Å².